The molecule has 0 unspecified atom stereocenters. The Hall–Kier alpha value is -3.85. The molecule has 0 fully saturated rings. The zero-order chi connectivity index (χ0) is 25.7. The maximum absolute atomic E-state index is 13.3. The van der Waals surface area contributed by atoms with Crippen molar-refractivity contribution < 1.29 is 13.9 Å². The summed E-state index contributed by atoms with van der Waals surface area (Å²) in [5.41, 5.74) is 1.53. The number of aromatic nitrogens is 2. The van der Waals surface area contributed by atoms with E-state index in [1.165, 1.54) is 28.9 Å². The van der Waals surface area contributed by atoms with Gasteiger partial charge in [0.2, 0.25) is 0 Å². The highest BCUT2D eigenvalue weighted by Gasteiger charge is 2.15. The summed E-state index contributed by atoms with van der Waals surface area (Å²) < 4.78 is 20.7. The Bertz CT molecular complexity index is 1490. The third kappa shape index (κ3) is 6.04. The molecule has 0 aliphatic heterocycles. The lowest BCUT2D eigenvalue weighted by molar-refractivity contribution is -0.118. The van der Waals surface area contributed by atoms with Gasteiger partial charge in [-0.25, -0.2) is 9.37 Å². The summed E-state index contributed by atoms with van der Waals surface area (Å²) in [5, 5.41) is 7.57. The van der Waals surface area contributed by atoms with Crippen LogP contribution in [0.1, 0.15) is 37.6 Å². The third-order valence-corrected chi connectivity index (χ3v) is 6.06. The lowest BCUT2D eigenvalue weighted by atomic mass is 10.1. The molecule has 0 aliphatic rings. The number of hydrogen-bond donors (Lipinski definition) is 1. The minimum atomic E-state index is -0.381. The van der Waals surface area contributed by atoms with Crippen LogP contribution in [0.4, 0.5) is 10.1 Å². The molecule has 1 amide bonds. The van der Waals surface area contributed by atoms with Gasteiger partial charge in [0.1, 0.15) is 17.4 Å². The van der Waals surface area contributed by atoms with Gasteiger partial charge in [0, 0.05) is 16.1 Å². The summed E-state index contributed by atoms with van der Waals surface area (Å²) in [6.45, 7) is 3.81. The van der Waals surface area contributed by atoms with Gasteiger partial charge in [-0.3, -0.25) is 9.59 Å². The number of amides is 1. The number of anilines is 1. The fourth-order valence-electron chi connectivity index (χ4n) is 3.47. The van der Waals surface area contributed by atoms with Crippen molar-refractivity contribution in [3.63, 3.8) is 0 Å². The molecule has 0 saturated carbocycles. The highest BCUT2D eigenvalue weighted by Crippen LogP contribution is 2.21. The van der Waals surface area contributed by atoms with Crippen LogP contribution in [0, 0.1) is 5.82 Å². The van der Waals surface area contributed by atoms with Crippen LogP contribution in [0.2, 0.25) is 0 Å². The Morgan fingerprint density at radius 1 is 1.19 bits per heavy atom. The number of benzene rings is 3. The van der Waals surface area contributed by atoms with E-state index in [1.807, 2.05) is 32.0 Å². The Morgan fingerprint density at radius 3 is 2.72 bits per heavy atom. The molecule has 9 heteroatoms. The molecule has 0 aliphatic carbocycles. The zero-order valence-electron chi connectivity index (χ0n) is 19.7. The van der Waals surface area contributed by atoms with Crippen LogP contribution in [0.3, 0.4) is 0 Å². The van der Waals surface area contributed by atoms with Crippen molar-refractivity contribution in [1.29, 1.82) is 0 Å². The SMILES string of the molecule is CC[C@@H](C)c1nc2ccc(Br)cc2c(=O)n1N=Cc1cccc(OCC(=O)Nc2ccc(F)cc2)c1. The van der Waals surface area contributed by atoms with Crippen molar-refractivity contribution in [2.45, 2.75) is 26.2 Å². The number of nitrogens with one attached hydrogen (secondary N) is 1. The summed E-state index contributed by atoms with van der Waals surface area (Å²) in [6.07, 6.45) is 2.36. The zero-order valence-corrected chi connectivity index (χ0v) is 21.3. The van der Waals surface area contributed by atoms with Crippen LogP contribution >= 0.6 is 15.9 Å². The molecule has 0 spiro atoms. The minimum Gasteiger partial charge on any atom is -0.484 e. The van der Waals surface area contributed by atoms with E-state index in [1.54, 1.807) is 30.5 Å². The summed E-state index contributed by atoms with van der Waals surface area (Å²) in [5.74, 6) is 0.311. The average molecular weight is 551 g/mol. The van der Waals surface area contributed by atoms with E-state index >= 15 is 0 Å². The molecule has 36 heavy (non-hydrogen) atoms. The smallest absolute Gasteiger partial charge is 0.282 e. The molecule has 184 valence electrons. The Morgan fingerprint density at radius 2 is 1.97 bits per heavy atom. The summed E-state index contributed by atoms with van der Waals surface area (Å²) >= 11 is 3.41. The van der Waals surface area contributed by atoms with Crippen LogP contribution in [0.5, 0.6) is 5.75 Å². The van der Waals surface area contributed by atoms with Crippen LogP contribution in [0.15, 0.2) is 81.1 Å². The van der Waals surface area contributed by atoms with E-state index in [-0.39, 0.29) is 29.8 Å². The summed E-state index contributed by atoms with van der Waals surface area (Å²) in [6, 6.07) is 17.9. The van der Waals surface area contributed by atoms with Crippen LogP contribution in [0.25, 0.3) is 10.9 Å². The summed E-state index contributed by atoms with van der Waals surface area (Å²) in [7, 11) is 0. The second-order valence-corrected chi connectivity index (χ2v) is 9.13. The normalized spacial score (nSPS) is 12.1. The fraction of sp³-hybridized carbons (Fsp3) is 0.185. The second-order valence-electron chi connectivity index (χ2n) is 8.22. The maximum atomic E-state index is 13.3. The summed E-state index contributed by atoms with van der Waals surface area (Å²) in [4.78, 5) is 30.1. The highest BCUT2D eigenvalue weighted by atomic mass is 79.9. The number of ether oxygens (including phenoxy) is 1. The monoisotopic (exact) mass is 550 g/mol. The number of rotatable bonds is 8. The van der Waals surface area contributed by atoms with Crippen molar-refractivity contribution in [1.82, 2.24) is 9.66 Å². The van der Waals surface area contributed by atoms with Gasteiger partial charge >= 0.3 is 0 Å². The maximum Gasteiger partial charge on any atom is 0.282 e. The number of carbonyl (C=O) groups excluding carboxylic acids is 1. The predicted octanol–water partition coefficient (Wildman–Crippen LogP) is 5.71. The molecule has 0 bridgehead atoms. The van der Waals surface area contributed by atoms with Crippen LogP contribution < -0.4 is 15.6 Å². The Labute approximate surface area is 215 Å². The van der Waals surface area contributed by atoms with Crippen LogP contribution in [-0.2, 0) is 4.79 Å². The van der Waals surface area contributed by atoms with E-state index in [0.717, 1.165) is 10.9 Å². The van der Waals surface area contributed by atoms with Gasteiger partial charge in [0.15, 0.2) is 6.61 Å². The Kier molecular flexibility index (Phi) is 7.90. The van der Waals surface area contributed by atoms with Gasteiger partial charge in [-0.1, -0.05) is 41.9 Å². The number of nitrogens with zero attached hydrogens (tertiary/aromatic N) is 3. The molecular weight excluding hydrogens is 527 g/mol. The molecular formula is C27H24BrFN4O3. The average Bonchev–Trinajstić information content (AvgIpc) is 2.88. The molecule has 0 radical (unpaired) electrons. The van der Waals surface area contributed by atoms with E-state index in [9.17, 15) is 14.0 Å². The quantitative estimate of drug-likeness (QED) is 0.284. The van der Waals surface area contributed by atoms with E-state index in [0.29, 0.717) is 33.7 Å². The molecule has 1 atom stereocenters. The number of halogens is 2. The molecule has 4 rings (SSSR count). The van der Waals surface area contributed by atoms with E-state index < -0.39 is 0 Å². The van der Waals surface area contributed by atoms with Crippen molar-refractivity contribution in [3.05, 3.63) is 98.8 Å². The first kappa shape index (κ1) is 25.2. The number of carbonyl (C=O) groups is 1. The first-order valence-electron chi connectivity index (χ1n) is 11.4. The first-order chi connectivity index (χ1) is 17.3. The van der Waals surface area contributed by atoms with Gasteiger partial charge in [0.05, 0.1) is 17.1 Å². The lowest BCUT2D eigenvalue weighted by Gasteiger charge is -2.14. The third-order valence-electron chi connectivity index (χ3n) is 5.56. The van der Waals surface area contributed by atoms with Crippen LogP contribution in [-0.4, -0.2) is 28.4 Å². The van der Waals surface area contributed by atoms with Gasteiger partial charge < -0.3 is 10.1 Å². The topological polar surface area (TPSA) is 85.6 Å². The molecule has 4 aromatic rings. The fourth-order valence-corrected chi connectivity index (χ4v) is 3.83. The standard InChI is InChI=1S/C27H24BrFN4O3/c1-3-17(2)26-32-24-12-7-19(28)14-23(24)27(35)33(26)30-15-18-5-4-6-22(13-18)36-16-25(34)31-21-10-8-20(29)9-11-21/h4-15,17H,3,16H2,1-2H3,(H,31,34)/t17-/m1/s1. The largest absolute Gasteiger partial charge is 0.484 e. The molecule has 7 nitrogen and oxygen atoms in total. The van der Waals surface area contributed by atoms with Crippen molar-refractivity contribution in [2.75, 3.05) is 11.9 Å². The van der Waals surface area contributed by atoms with E-state index in [2.05, 4.69) is 26.3 Å². The molecule has 1 heterocycles. The van der Waals surface area contributed by atoms with Crippen molar-refractivity contribution in [3.8, 4) is 5.75 Å². The highest BCUT2D eigenvalue weighted by molar-refractivity contribution is 9.10. The first-order valence-corrected chi connectivity index (χ1v) is 12.2. The number of fused-ring (bicyclic) bond motifs is 1. The molecule has 3 aromatic carbocycles. The van der Waals surface area contributed by atoms with Crippen molar-refractivity contribution in [2.24, 2.45) is 5.10 Å². The van der Waals surface area contributed by atoms with Crippen molar-refractivity contribution >= 4 is 44.6 Å². The van der Waals surface area contributed by atoms with Gasteiger partial charge in [-0.05, 0) is 66.6 Å². The minimum absolute atomic E-state index is 0.0252. The second kappa shape index (κ2) is 11.3. The molecule has 1 aromatic heterocycles. The molecule has 0 saturated heterocycles. The van der Waals surface area contributed by atoms with Gasteiger partial charge in [0.25, 0.3) is 11.5 Å². The predicted molar refractivity (Wildman–Crippen MR) is 142 cm³/mol. The number of hydrogen-bond acceptors (Lipinski definition) is 5. The lowest BCUT2D eigenvalue weighted by Crippen LogP contribution is -2.23. The molecule has 1 N–H and O–H groups in total. The Balaban J connectivity index is 1.53. The van der Waals surface area contributed by atoms with Gasteiger partial charge in [-0.15, -0.1) is 0 Å². The van der Waals surface area contributed by atoms with Gasteiger partial charge in [-0.2, -0.15) is 9.78 Å². The van der Waals surface area contributed by atoms with E-state index in [4.69, 9.17) is 9.72 Å².